The molecule has 0 bridgehead atoms. The molecular formula is C11H11N3O3. The molecule has 17 heavy (non-hydrogen) atoms. The highest BCUT2D eigenvalue weighted by Gasteiger charge is 2.06. The van der Waals surface area contributed by atoms with Crippen molar-refractivity contribution in [3.05, 3.63) is 36.2 Å². The SMILES string of the molecule is Cc1cc(NC(=O)COc2ccccn2)no1. The summed E-state index contributed by atoms with van der Waals surface area (Å²) in [6.07, 6.45) is 1.59. The van der Waals surface area contributed by atoms with Crippen LogP contribution < -0.4 is 10.1 Å². The van der Waals surface area contributed by atoms with Crippen LogP contribution >= 0.6 is 0 Å². The number of anilines is 1. The van der Waals surface area contributed by atoms with E-state index in [1.54, 1.807) is 37.4 Å². The zero-order valence-electron chi connectivity index (χ0n) is 9.21. The molecule has 0 unspecified atom stereocenters. The van der Waals surface area contributed by atoms with Gasteiger partial charge in [-0.05, 0) is 13.0 Å². The Balaban J connectivity index is 1.82. The van der Waals surface area contributed by atoms with Gasteiger partial charge in [-0.1, -0.05) is 11.2 Å². The molecule has 6 nitrogen and oxygen atoms in total. The summed E-state index contributed by atoms with van der Waals surface area (Å²) < 4.78 is 9.98. The van der Waals surface area contributed by atoms with Gasteiger partial charge < -0.3 is 14.6 Å². The van der Waals surface area contributed by atoms with E-state index >= 15 is 0 Å². The Kier molecular flexibility index (Phi) is 3.34. The van der Waals surface area contributed by atoms with E-state index in [2.05, 4.69) is 15.5 Å². The van der Waals surface area contributed by atoms with Crippen molar-refractivity contribution in [3.63, 3.8) is 0 Å². The lowest BCUT2D eigenvalue weighted by atomic mass is 10.5. The van der Waals surface area contributed by atoms with Crippen LogP contribution in [0.3, 0.4) is 0 Å². The summed E-state index contributed by atoms with van der Waals surface area (Å²) in [6.45, 7) is 1.62. The lowest BCUT2D eigenvalue weighted by molar-refractivity contribution is -0.118. The molecular weight excluding hydrogens is 222 g/mol. The number of carbonyl (C=O) groups excluding carboxylic acids is 1. The number of nitrogens with one attached hydrogen (secondary N) is 1. The quantitative estimate of drug-likeness (QED) is 0.863. The zero-order valence-corrected chi connectivity index (χ0v) is 9.21. The summed E-state index contributed by atoms with van der Waals surface area (Å²) in [5, 5.41) is 6.17. The summed E-state index contributed by atoms with van der Waals surface area (Å²) in [5.41, 5.74) is 0. The number of ether oxygens (including phenoxy) is 1. The Morgan fingerprint density at radius 3 is 3.06 bits per heavy atom. The molecule has 0 fully saturated rings. The fourth-order valence-electron chi connectivity index (χ4n) is 1.18. The largest absolute Gasteiger partial charge is 0.468 e. The van der Waals surface area contributed by atoms with Gasteiger partial charge >= 0.3 is 0 Å². The molecule has 0 spiro atoms. The van der Waals surface area contributed by atoms with E-state index < -0.39 is 0 Å². The van der Waals surface area contributed by atoms with Gasteiger partial charge in [0.2, 0.25) is 5.88 Å². The van der Waals surface area contributed by atoms with E-state index in [1.807, 2.05) is 0 Å². The van der Waals surface area contributed by atoms with Gasteiger partial charge in [-0.2, -0.15) is 0 Å². The Morgan fingerprint density at radius 2 is 2.41 bits per heavy atom. The first-order valence-electron chi connectivity index (χ1n) is 5.01. The molecule has 0 atom stereocenters. The van der Waals surface area contributed by atoms with Crippen LogP contribution in [0.1, 0.15) is 5.76 Å². The third-order valence-corrected chi connectivity index (χ3v) is 1.88. The fraction of sp³-hybridized carbons (Fsp3) is 0.182. The maximum absolute atomic E-state index is 11.4. The molecule has 0 aliphatic rings. The topological polar surface area (TPSA) is 77.2 Å². The Labute approximate surface area is 97.6 Å². The normalized spacial score (nSPS) is 9.94. The predicted molar refractivity (Wildman–Crippen MR) is 59.6 cm³/mol. The minimum absolute atomic E-state index is 0.122. The van der Waals surface area contributed by atoms with Gasteiger partial charge in [0.25, 0.3) is 5.91 Å². The standard InChI is InChI=1S/C11H11N3O3/c1-8-6-9(14-17-8)13-10(15)7-16-11-4-2-3-5-12-11/h2-6H,7H2,1H3,(H,13,14,15). The molecule has 2 aromatic heterocycles. The minimum atomic E-state index is -0.316. The van der Waals surface area contributed by atoms with Crippen LogP contribution in [0.4, 0.5) is 5.82 Å². The monoisotopic (exact) mass is 233 g/mol. The first kappa shape index (κ1) is 11.1. The van der Waals surface area contributed by atoms with Gasteiger partial charge in [-0.3, -0.25) is 4.79 Å². The van der Waals surface area contributed by atoms with Gasteiger partial charge in [0.1, 0.15) is 5.76 Å². The number of nitrogens with zero attached hydrogens (tertiary/aromatic N) is 2. The summed E-state index contributed by atoms with van der Waals surface area (Å²) in [7, 11) is 0. The number of aryl methyl sites for hydroxylation is 1. The first-order chi connectivity index (χ1) is 8.24. The number of hydrogen-bond acceptors (Lipinski definition) is 5. The third kappa shape index (κ3) is 3.30. The van der Waals surface area contributed by atoms with E-state index in [-0.39, 0.29) is 12.5 Å². The van der Waals surface area contributed by atoms with E-state index in [0.717, 1.165) is 0 Å². The van der Waals surface area contributed by atoms with Crippen LogP contribution in [0.5, 0.6) is 5.88 Å². The molecule has 2 rings (SSSR count). The lowest BCUT2D eigenvalue weighted by Crippen LogP contribution is -2.20. The predicted octanol–water partition coefficient (Wildman–Crippen LogP) is 1.40. The number of amides is 1. The van der Waals surface area contributed by atoms with Crippen LogP contribution in [-0.4, -0.2) is 22.7 Å². The molecule has 0 radical (unpaired) electrons. The number of carbonyl (C=O) groups is 1. The van der Waals surface area contributed by atoms with Crippen molar-refractivity contribution in [2.24, 2.45) is 0 Å². The molecule has 0 aliphatic heterocycles. The zero-order chi connectivity index (χ0) is 12.1. The summed E-state index contributed by atoms with van der Waals surface area (Å²) in [4.78, 5) is 15.4. The van der Waals surface area contributed by atoms with Gasteiger partial charge in [0.05, 0.1) is 0 Å². The lowest BCUT2D eigenvalue weighted by Gasteiger charge is -2.03. The van der Waals surface area contributed by atoms with Crippen LogP contribution in [0, 0.1) is 6.92 Å². The average molecular weight is 233 g/mol. The Morgan fingerprint density at radius 1 is 1.53 bits per heavy atom. The molecule has 0 saturated heterocycles. The van der Waals surface area contributed by atoms with Crippen LogP contribution in [-0.2, 0) is 4.79 Å². The number of aromatic nitrogens is 2. The van der Waals surface area contributed by atoms with E-state index in [9.17, 15) is 4.79 Å². The van der Waals surface area contributed by atoms with Gasteiger partial charge in [0.15, 0.2) is 12.4 Å². The molecule has 88 valence electrons. The second kappa shape index (κ2) is 5.11. The Hall–Kier alpha value is -2.37. The second-order valence-electron chi connectivity index (χ2n) is 3.33. The highest BCUT2D eigenvalue weighted by molar-refractivity contribution is 5.90. The van der Waals surface area contributed by atoms with E-state index in [0.29, 0.717) is 17.5 Å². The molecule has 0 aliphatic carbocycles. The molecule has 0 saturated carbocycles. The minimum Gasteiger partial charge on any atom is -0.468 e. The smallest absolute Gasteiger partial charge is 0.263 e. The molecule has 6 heteroatoms. The van der Waals surface area contributed by atoms with Gasteiger partial charge in [0, 0.05) is 18.3 Å². The fourth-order valence-corrected chi connectivity index (χ4v) is 1.18. The van der Waals surface area contributed by atoms with Crippen LogP contribution in [0.15, 0.2) is 35.0 Å². The second-order valence-corrected chi connectivity index (χ2v) is 3.33. The van der Waals surface area contributed by atoms with Crippen molar-refractivity contribution in [2.75, 3.05) is 11.9 Å². The van der Waals surface area contributed by atoms with Crippen LogP contribution in [0.25, 0.3) is 0 Å². The van der Waals surface area contributed by atoms with Crippen molar-refractivity contribution in [1.82, 2.24) is 10.1 Å². The highest BCUT2D eigenvalue weighted by atomic mass is 16.5. The highest BCUT2D eigenvalue weighted by Crippen LogP contribution is 2.07. The maximum Gasteiger partial charge on any atom is 0.263 e. The number of hydrogen-bond donors (Lipinski definition) is 1. The van der Waals surface area contributed by atoms with Gasteiger partial charge in [-0.25, -0.2) is 4.98 Å². The van der Waals surface area contributed by atoms with E-state index in [1.165, 1.54) is 0 Å². The number of pyridine rings is 1. The van der Waals surface area contributed by atoms with Crippen LogP contribution in [0.2, 0.25) is 0 Å². The number of rotatable bonds is 4. The third-order valence-electron chi connectivity index (χ3n) is 1.88. The van der Waals surface area contributed by atoms with E-state index in [4.69, 9.17) is 9.26 Å². The van der Waals surface area contributed by atoms with Crippen molar-refractivity contribution in [1.29, 1.82) is 0 Å². The average Bonchev–Trinajstić information content (AvgIpc) is 2.73. The molecule has 2 heterocycles. The summed E-state index contributed by atoms with van der Waals surface area (Å²) in [6, 6.07) is 6.85. The maximum atomic E-state index is 11.4. The summed E-state index contributed by atoms with van der Waals surface area (Å²) in [5.74, 6) is 1.09. The summed E-state index contributed by atoms with van der Waals surface area (Å²) >= 11 is 0. The van der Waals surface area contributed by atoms with Crippen molar-refractivity contribution < 1.29 is 14.1 Å². The molecule has 0 aromatic carbocycles. The van der Waals surface area contributed by atoms with Crippen molar-refractivity contribution >= 4 is 11.7 Å². The molecule has 1 amide bonds. The van der Waals surface area contributed by atoms with Gasteiger partial charge in [-0.15, -0.1) is 0 Å². The molecule has 2 aromatic rings. The van der Waals surface area contributed by atoms with Crippen molar-refractivity contribution in [3.8, 4) is 5.88 Å². The van der Waals surface area contributed by atoms with Crippen molar-refractivity contribution in [2.45, 2.75) is 6.92 Å². The molecule has 1 N–H and O–H groups in total. The first-order valence-corrected chi connectivity index (χ1v) is 5.01. The Bertz CT molecular complexity index is 496.